The molecule has 110 valence electrons. The molecule has 0 unspecified atom stereocenters. The van der Waals surface area contributed by atoms with Crippen LogP contribution >= 0.6 is 0 Å². The van der Waals surface area contributed by atoms with Gasteiger partial charge < -0.3 is 5.32 Å². The van der Waals surface area contributed by atoms with Crippen molar-refractivity contribution in [1.29, 1.82) is 0 Å². The molecule has 0 atom stereocenters. The molecule has 1 aliphatic rings. The highest BCUT2D eigenvalue weighted by Crippen LogP contribution is 2.29. The van der Waals surface area contributed by atoms with Crippen LogP contribution in [0.5, 0.6) is 0 Å². The fourth-order valence-corrected chi connectivity index (χ4v) is 3.01. The Hall–Kier alpha value is -2.62. The van der Waals surface area contributed by atoms with Gasteiger partial charge in [-0.25, -0.2) is 4.68 Å². The van der Waals surface area contributed by atoms with Gasteiger partial charge in [0.2, 0.25) is 0 Å². The number of hydrogen-bond acceptors (Lipinski definition) is 3. The zero-order chi connectivity index (χ0) is 14.9. The number of fused-ring (bicyclic) bond motifs is 1. The summed E-state index contributed by atoms with van der Waals surface area (Å²) in [5.41, 5.74) is 5.86. The van der Waals surface area contributed by atoms with Crippen LogP contribution in [0.4, 0.5) is 5.82 Å². The van der Waals surface area contributed by atoms with Crippen molar-refractivity contribution in [3.63, 3.8) is 0 Å². The van der Waals surface area contributed by atoms with Gasteiger partial charge in [0.25, 0.3) is 0 Å². The van der Waals surface area contributed by atoms with E-state index in [4.69, 9.17) is 5.10 Å². The Kier molecular flexibility index (Phi) is 3.15. The maximum Gasteiger partial charge on any atom is 0.133 e. The van der Waals surface area contributed by atoms with Crippen LogP contribution in [-0.2, 0) is 12.8 Å². The summed E-state index contributed by atoms with van der Waals surface area (Å²) in [4.78, 5) is 4.43. The van der Waals surface area contributed by atoms with Gasteiger partial charge in [0.05, 0.1) is 11.4 Å². The maximum absolute atomic E-state index is 4.85. The molecule has 3 aromatic rings. The molecule has 0 fully saturated rings. The fourth-order valence-electron chi connectivity index (χ4n) is 3.01. The van der Waals surface area contributed by atoms with Gasteiger partial charge in [0.1, 0.15) is 5.82 Å². The van der Waals surface area contributed by atoms with Crippen molar-refractivity contribution < 1.29 is 0 Å². The Morgan fingerprint density at radius 3 is 2.95 bits per heavy atom. The van der Waals surface area contributed by atoms with Gasteiger partial charge in [0, 0.05) is 30.4 Å². The summed E-state index contributed by atoms with van der Waals surface area (Å²) >= 11 is 0. The van der Waals surface area contributed by atoms with Crippen LogP contribution in [0.25, 0.3) is 5.69 Å². The van der Waals surface area contributed by atoms with E-state index in [-0.39, 0.29) is 0 Å². The molecule has 1 aliphatic heterocycles. The normalized spacial score (nSPS) is 13.0. The molecule has 4 nitrogen and oxygen atoms in total. The largest absolute Gasteiger partial charge is 0.369 e. The number of hydrogen-bond donors (Lipinski definition) is 1. The predicted molar refractivity (Wildman–Crippen MR) is 87.5 cm³/mol. The second kappa shape index (κ2) is 5.30. The molecular weight excluding hydrogens is 272 g/mol. The topological polar surface area (TPSA) is 42.7 Å². The molecule has 0 amide bonds. The SMILES string of the molecule is Cc1cccc(-n2nc(Cc3ccccn3)c3c2NCC3)c1. The van der Waals surface area contributed by atoms with Crippen molar-refractivity contribution in [1.82, 2.24) is 14.8 Å². The number of benzene rings is 1. The van der Waals surface area contributed by atoms with Crippen molar-refractivity contribution in [3.05, 3.63) is 71.2 Å². The molecule has 0 saturated heterocycles. The maximum atomic E-state index is 4.85. The lowest BCUT2D eigenvalue weighted by atomic mass is 10.1. The highest BCUT2D eigenvalue weighted by Gasteiger charge is 2.23. The van der Waals surface area contributed by atoms with Crippen molar-refractivity contribution >= 4 is 5.82 Å². The summed E-state index contributed by atoms with van der Waals surface area (Å²) in [6.45, 7) is 3.09. The van der Waals surface area contributed by atoms with Crippen LogP contribution in [0.1, 0.15) is 22.5 Å². The molecule has 1 aromatic carbocycles. The van der Waals surface area contributed by atoms with E-state index in [9.17, 15) is 0 Å². The van der Waals surface area contributed by atoms with Gasteiger partial charge in [-0.2, -0.15) is 5.10 Å². The first-order valence-electron chi connectivity index (χ1n) is 7.63. The lowest BCUT2D eigenvalue weighted by Crippen LogP contribution is -2.05. The fraction of sp³-hybridized carbons (Fsp3) is 0.222. The summed E-state index contributed by atoms with van der Waals surface area (Å²) in [5.74, 6) is 1.14. The third kappa shape index (κ3) is 2.26. The van der Waals surface area contributed by atoms with E-state index in [1.54, 1.807) is 0 Å². The van der Waals surface area contributed by atoms with E-state index in [2.05, 4.69) is 47.6 Å². The van der Waals surface area contributed by atoms with Crippen molar-refractivity contribution in [2.45, 2.75) is 19.8 Å². The molecule has 4 heteroatoms. The van der Waals surface area contributed by atoms with Crippen LogP contribution in [0.2, 0.25) is 0 Å². The minimum absolute atomic E-state index is 0.781. The highest BCUT2D eigenvalue weighted by molar-refractivity contribution is 5.57. The first-order valence-corrected chi connectivity index (χ1v) is 7.63. The third-order valence-corrected chi connectivity index (χ3v) is 4.06. The first kappa shape index (κ1) is 13.1. The van der Waals surface area contributed by atoms with E-state index in [0.29, 0.717) is 0 Å². The number of rotatable bonds is 3. The van der Waals surface area contributed by atoms with E-state index >= 15 is 0 Å². The zero-order valence-electron chi connectivity index (χ0n) is 12.6. The number of pyridine rings is 1. The molecule has 2 aromatic heterocycles. The van der Waals surface area contributed by atoms with Gasteiger partial charge in [-0.05, 0) is 43.2 Å². The summed E-state index contributed by atoms with van der Waals surface area (Å²) in [6.07, 6.45) is 3.65. The van der Waals surface area contributed by atoms with E-state index in [0.717, 1.165) is 42.3 Å². The number of nitrogens with zero attached hydrogens (tertiary/aromatic N) is 3. The van der Waals surface area contributed by atoms with E-state index < -0.39 is 0 Å². The van der Waals surface area contributed by atoms with Crippen LogP contribution in [0.15, 0.2) is 48.7 Å². The molecule has 1 N–H and O–H groups in total. The van der Waals surface area contributed by atoms with Crippen molar-refractivity contribution in [2.75, 3.05) is 11.9 Å². The lowest BCUT2D eigenvalue weighted by molar-refractivity contribution is 0.833. The van der Waals surface area contributed by atoms with Crippen LogP contribution in [0, 0.1) is 6.92 Å². The molecule has 4 rings (SSSR count). The van der Waals surface area contributed by atoms with E-state index in [1.165, 1.54) is 11.1 Å². The Balaban J connectivity index is 1.77. The lowest BCUT2D eigenvalue weighted by Gasteiger charge is -2.07. The average molecular weight is 290 g/mol. The van der Waals surface area contributed by atoms with Gasteiger partial charge in [-0.3, -0.25) is 4.98 Å². The molecule has 0 spiro atoms. The quantitative estimate of drug-likeness (QED) is 0.806. The number of anilines is 1. The summed E-state index contributed by atoms with van der Waals surface area (Å²) < 4.78 is 2.04. The molecular formula is C18H18N4. The molecule has 0 bridgehead atoms. The summed E-state index contributed by atoms with van der Waals surface area (Å²) in [6, 6.07) is 14.5. The number of nitrogens with one attached hydrogen (secondary N) is 1. The molecule has 22 heavy (non-hydrogen) atoms. The average Bonchev–Trinajstić information content (AvgIpc) is 3.12. The Labute approximate surface area is 129 Å². The summed E-state index contributed by atoms with van der Waals surface area (Å²) in [5, 5.41) is 8.33. The van der Waals surface area contributed by atoms with Crippen LogP contribution in [-0.4, -0.2) is 21.3 Å². The van der Waals surface area contributed by atoms with Gasteiger partial charge in [-0.1, -0.05) is 18.2 Å². The number of aromatic nitrogens is 3. The van der Waals surface area contributed by atoms with Crippen molar-refractivity contribution in [3.8, 4) is 5.69 Å². The second-order valence-electron chi connectivity index (χ2n) is 5.70. The Bertz CT molecular complexity index is 805. The predicted octanol–water partition coefficient (Wildman–Crippen LogP) is 3.13. The third-order valence-electron chi connectivity index (χ3n) is 4.06. The van der Waals surface area contributed by atoms with Gasteiger partial charge in [-0.15, -0.1) is 0 Å². The number of aryl methyl sites for hydroxylation is 1. The minimum Gasteiger partial charge on any atom is -0.369 e. The van der Waals surface area contributed by atoms with Crippen LogP contribution in [0.3, 0.4) is 0 Å². The van der Waals surface area contributed by atoms with Crippen molar-refractivity contribution in [2.24, 2.45) is 0 Å². The molecule has 0 saturated carbocycles. The zero-order valence-corrected chi connectivity index (χ0v) is 12.6. The van der Waals surface area contributed by atoms with Crippen LogP contribution < -0.4 is 5.32 Å². The monoisotopic (exact) mass is 290 g/mol. The van der Waals surface area contributed by atoms with Gasteiger partial charge in [0.15, 0.2) is 0 Å². The van der Waals surface area contributed by atoms with E-state index in [1.807, 2.05) is 23.0 Å². The molecule has 0 radical (unpaired) electrons. The smallest absolute Gasteiger partial charge is 0.133 e. The molecule has 0 aliphatic carbocycles. The standard InChI is InChI=1S/C18H18N4/c1-13-5-4-7-15(11-13)22-18-16(8-10-20-18)17(21-22)12-14-6-2-3-9-19-14/h2-7,9,11,20H,8,10,12H2,1H3. The van der Waals surface area contributed by atoms with Gasteiger partial charge >= 0.3 is 0 Å². The molecule has 3 heterocycles. The highest BCUT2D eigenvalue weighted by atomic mass is 15.3. The Morgan fingerprint density at radius 1 is 1.18 bits per heavy atom. The second-order valence-corrected chi connectivity index (χ2v) is 5.70. The first-order chi connectivity index (χ1) is 10.8. The Morgan fingerprint density at radius 2 is 2.14 bits per heavy atom. The minimum atomic E-state index is 0.781. The summed E-state index contributed by atoms with van der Waals surface area (Å²) in [7, 11) is 0.